The number of carbonyl (C=O) groups is 2. The van der Waals surface area contributed by atoms with E-state index in [4.69, 9.17) is 50.8 Å². The fourth-order valence-electron chi connectivity index (χ4n) is 7.65. The van der Waals surface area contributed by atoms with Crippen LogP contribution in [0, 0.1) is 24.0 Å². The lowest BCUT2D eigenvalue weighted by Gasteiger charge is -2.28. The average Bonchev–Trinajstić information content (AvgIpc) is 4.02. The number of aromatic nitrogens is 9. The predicted octanol–water partition coefficient (Wildman–Crippen LogP) is 10.8. The number of aromatic hydroxyl groups is 2. The monoisotopic (exact) mass is 1070 g/mol. The Labute approximate surface area is 439 Å². The second kappa shape index (κ2) is 22.5. The highest BCUT2D eigenvalue weighted by molar-refractivity contribution is 6.35. The second-order valence-electron chi connectivity index (χ2n) is 16.0. The van der Waals surface area contributed by atoms with Crippen molar-refractivity contribution < 1.29 is 34.2 Å². The van der Waals surface area contributed by atoms with E-state index >= 15 is 0 Å². The third-order valence-electron chi connectivity index (χ3n) is 11.3. The first-order valence-corrected chi connectivity index (χ1v) is 23.2. The van der Waals surface area contributed by atoms with E-state index in [2.05, 4.69) is 44.7 Å². The largest absolute Gasteiger partial charge is 0.504 e. The first kappa shape index (κ1) is 51.8. The molecule has 5 aromatic carbocycles. The van der Waals surface area contributed by atoms with Crippen LogP contribution in [-0.4, -0.2) is 76.5 Å². The van der Waals surface area contributed by atoms with E-state index in [-0.39, 0.29) is 28.8 Å². The summed E-state index contributed by atoms with van der Waals surface area (Å²) < 4.78 is 7.73. The minimum Gasteiger partial charge on any atom is -0.504 e. The Hall–Kier alpha value is -8.52. The lowest BCUT2D eigenvalue weighted by molar-refractivity contribution is -0.386. The number of aliphatic hydroxyl groups is 1. The van der Waals surface area contributed by atoms with E-state index < -0.39 is 33.5 Å². The van der Waals surface area contributed by atoms with Gasteiger partial charge in [0.1, 0.15) is 30.4 Å². The highest BCUT2D eigenvalue weighted by atomic mass is 35.5. The van der Waals surface area contributed by atoms with Crippen molar-refractivity contribution in [3.8, 4) is 23.1 Å². The number of ketones is 2. The molecule has 22 heteroatoms. The zero-order valence-corrected chi connectivity index (χ0v) is 41.5. The lowest BCUT2D eigenvalue weighted by Crippen LogP contribution is -2.30. The molecule has 370 valence electrons. The van der Waals surface area contributed by atoms with Crippen LogP contribution in [0.1, 0.15) is 65.9 Å². The molecule has 0 atom stereocenters. The third-order valence-corrected chi connectivity index (χ3v) is 12.4. The first-order valence-electron chi connectivity index (χ1n) is 21.7. The molecule has 0 spiro atoms. The first-order chi connectivity index (χ1) is 35.5. The number of phenols is 2. The van der Waals surface area contributed by atoms with Gasteiger partial charge in [-0.05, 0) is 103 Å². The van der Waals surface area contributed by atoms with E-state index in [9.17, 15) is 35.0 Å². The molecular formula is C52H36Cl4N10O8. The van der Waals surface area contributed by atoms with Crippen molar-refractivity contribution in [1.29, 1.82) is 0 Å². The molecule has 5 heterocycles. The van der Waals surface area contributed by atoms with Crippen LogP contribution in [0.15, 0.2) is 157 Å². The Morgan fingerprint density at radius 2 is 1.32 bits per heavy atom. The Morgan fingerprint density at radius 1 is 0.703 bits per heavy atom. The lowest BCUT2D eigenvalue weighted by atomic mass is 9.83. The number of nitro benzene ring substituents is 1. The molecule has 0 saturated carbocycles. The summed E-state index contributed by atoms with van der Waals surface area (Å²) in [6.07, 6.45) is 8.45. The number of fused-ring (bicyclic) bond motifs is 1. The van der Waals surface area contributed by atoms with Crippen LogP contribution < -0.4 is 0 Å². The molecule has 0 radical (unpaired) electrons. The van der Waals surface area contributed by atoms with Crippen molar-refractivity contribution in [3.63, 3.8) is 0 Å². The van der Waals surface area contributed by atoms with E-state index in [1.54, 1.807) is 85.2 Å². The fraction of sp³-hybridized carbons (Fsp3) is 0.0769. The summed E-state index contributed by atoms with van der Waals surface area (Å²) in [6, 6.07) is 31.9. The number of nitro groups is 1. The molecule has 0 fully saturated rings. The Kier molecular flexibility index (Phi) is 15.8. The number of benzene rings is 5. The minimum absolute atomic E-state index is 0.0226. The SMILES string of the molecule is Cc1ccc2c(c1)c(C(=O)c1nnc(-c3ccncn3)o1)c(C)n2Cc1ccc(Cl)cc1Cl.O=C(c1cc(O)c(O)c([N+](=O)[O-])c1)c1ccncn1.OC(c1ccc(Cl)cc1)(c1ccc(Cl)cc1)c1ccncn1. The van der Waals surface area contributed by atoms with Crippen LogP contribution in [0.25, 0.3) is 22.5 Å². The molecule has 0 amide bonds. The van der Waals surface area contributed by atoms with Crippen LogP contribution in [-0.2, 0) is 12.1 Å². The summed E-state index contributed by atoms with van der Waals surface area (Å²) >= 11 is 24.4. The summed E-state index contributed by atoms with van der Waals surface area (Å²) in [5.41, 5.74) is 4.08. The Bertz CT molecular complexity index is 3620. The number of aryl methyl sites for hydroxylation is 1. The molecule has 0 bridgehead atoms. The quantitative estimate of drug-likeness (QED) is 0.0471. The number of carbonyl (C=O) groups excluding carboxylic acids is 2. The maximum absolute atomic E-state index is 13.5. The fourth-order valence-corrected chi connectivity index (χ4v) is 8.37. The molecule has 0 aliphatic heterocycles. The number of nitrogens with zero attached hydrogens (tertiary/aromatic N) is 10. The Balaban J connectivity index is 0.000000155. The zero-order chi connectivity index (χ0) is 52.7. The van der Waals surface area contributed by atoms with Gasteiger partial charge in [-0.25, -0.2) is 29.9 Å². The highest BCUT2D eigenvalue weighted by Gasteiger charge is 2.35. The predicted molar refractivity (Wildman–Crippen MR) is 275 cm³/mol. The summed E-state index contributed by atoms with van der Waals surface area (Å²) in [5, 5.41) is 51.9. The van der Waals surface area contributed by atoms with E-state index in [0.717, 1.165) is 46.2 Å². The summed E-state index contributed by atoms with van der Waals surface area (Å²) in [5.74, 6) is -2.54. The van der Waals surface area contributed by atoms with Crippen LogP contribution in [0.2, 0.25) is 20.1 Å². The van der Waals surface area contributed by atoms with Crippen LogP contribution in [0.5, 0.6) is 11.5 Å². The summed E-state index contributed by atoms with van der Waals surface area (Å²) in [4.78, 5) is 58.7. The van der Waals surface area contributed by atoms with E-state index in [0.29, 0.717) is 54.7 Å². The van der Waals surface area contributed by atoms with Gasteiger partial charge >= 0.3 is 5.69 Å². The molecule has 0 aliphatic carbocycles. The molecule has 18 nitrogen and oxygen atoms in total. The standard InChI is InChI=1S/C24H17Cl2N5O2.C17H12Cl2N2O.C11H7N3O5/c1-13-3-6-20-17(9-13)21(14(2)31(20)11-15-4-5-16(25)10-18(15)26)22(32)24-30-29-23(33-24)19-7-8-27-12-28-19;18-14-5-1-12(2-6-14)17(22,16-9-10-20-11-21-16)13-3-7-15(19)8-4-13;15-9-4-6(3-8(11(9)17)14(18)19)10(16)7-1-2-12-5-13-7/h3-10,12H,11H2,1-2H3;1-11,22H;1-5,15,17H. The normalized spacial score (nSPS) is 11.0. The molecule has 10 aromatic rings. The third kappa shape index (κ3) is 11.2. The van der Waals surface area contributed by atoms with Crippen LogP contribution in [0.4, 0.5) is 5.69 Å². The average molecular weight is 1070 g/mol. The number of hydrogen-bond donors (Lipinski definition) is 3. The molecule has 3 N–H and O–H groups in total. The van der Waals surface area contributed by atoms with Crippen molar-refractivity contribution in [2.45, 2.75) is 26.0 Å². The van der Waals surface area contributed by atoms with Crippen LogP contribution in [0.3, 0.4) is 0 Å². The molecule has 74 heavy (non-hydrogen) atoms. The number of hydrogen-bond acceptors (Lipinski definition) is 16. The maximum atomic E-state index is 13.5. The van der Waals surface area contributed by atoms with Gasteiger partial charge < -0.3 is 24.3 Å². The number of rotatable bonds is 11. The van der Waals surface area contributed by atoms with Crippen molar-refractivity contribution in [2.75, 3.05) is 0 Å². The van der Waals surface area contributed by atoms with E-state index in [1.165, 1.54) is 24.9 Å². The summed E-state index contributed by atoms with van der Waals surface area (Å²) in [6.45, 7) is 4.36. The van der Waals surface area contributed by atoms with Crippen molar-refractivity contribution in [3.05, 3.63) is 239 Å². The summed E-state index contributed by atoms with van der Waals surface area (Å²) in [7, 11) is 0. The molecule has 10 rings (SSSR count). The highest BCUT2D eigenvalue weighted by Crippen LogP contribution is 2.38. The number of phenolic OH excluding ortho intramolecular Hbond substituents is 2. The number of halogens is 4. The van der Waals surface area contributed by atoms with Gasteiger partial charge in [0, 0.05) is 73.5 Å². The second-order valence-corrected chi connectivity index (χ2v) is 17.7. The molecule has 0 saturated heterocycles. The maximum Gasteiger partial charge on any atom is 0.315 e. The van der Waals surface area contributed by atoms with Gasteiger partial charge in [-0.3, -0.25) is 19.7 Å². The van der Waals surface area contributed by atoms with Gasteiger partial charge in [-0.15, -0.1) is 10.2 Å². The molecule has 5 aromatic heterocycles. The zero-order valence-electron chi connectivity index (χ0n) is 38.5. The van der Waals surface area contributed by atoms with Crippen molar-refractivity contribution in [1.82, 2.24) is 44.7 Å². The topological polar surface area (TPSA) is 259 Å². The van der Waals surface area contributed by atoms with E-state index in [1.807, 2.05) is 38.1 Å². The smallest absolute Gasteiger partial charge is 0.315 e. The van der Waals surface area contributed by atoms with Gasteiger partial charge in [0.25, 0.3) is 17.6 Å². The van der Waals surface area contributed by atoms with Crippen LogP contribution >= 0.6 is 46.4 Å². The Morgan fingerprint density at radius 3 is 1.91 bits per heavy atom. The van der Waals surface area contributed by atoms with Gasteiger partial charge in [0.05, 0.1) is 16.2 Å². The van der Waals surface area contributed by atoms with Crippen molar-refractivity contribution >= 4 is 74.6 Å². The van der Waals surface area contributed by atoms with Crippen molar-refractivity contribution in [2.24, 2.45) is 0 Å². The molecule has 0 unspecified atom stereocenters. The molecular weight excluding hydrogens is 1030 g/mol. The van der Waals surface area contributed by atoms with Gasteiger partial charge in [0.15, 0.2) is 11.4 Å². The van der Waals surface area contributed by atoms with Gasteiger partial charge in [0.2, 0.25) is 11.5 Å². The minimum atomic E-state index is -1.40. The molecule has 0 aliphatic rings. The van der Waals surface area contributed by atoms with Gasteiger partial charge in [-0.1, -0.05) is 88.4 Å². The van der Waals surface area contributed by atoms with Gasteiger partial charge in [-0.2, -0.15) is 0 Å².